The van der Waals surface area contributed by atoms with E-state index in [4.69, 9.17) is 5.90 Å². The molecule has 0 saturated carbocycles. The van der Waals surface area contributed by atoms with Gasteiger partial charge in [-0.1, -0.05) is 12.1 Å². The maximum absolute atomic E-state index is 11.0. The molecule has 0 aliphatic rings. The van der Waals surface area contributed by atoms with Crippen molar-refractivity contribution >= 4 is 11.0 Å². The molecule has 1 aromatic heterocycles. The molecule has 0 radical (unpaired) electrons. The van der Waals surface area contributed by atoms with E-state index in [1.54, 1.807) is 0 Å². The SMILES string of the molecule is NOCc1cccc2[nH]c(=O)[nH]c12. The highest BCUT2D eigenvalue weighted by atomic mass is 16.6. The van der Waals surface area contributed by atoms with Gasteiger partial charge < -0.3 is 9.97 Å². The molecule has 0 aliphatic carbocycles. The number of nitrogens with two attached hydrogens (primary N) is 1. The summed E-state index contributed by atoms with van der Waals surface area (Å²) < 4.78 is 0. The first kappa shape index (κ1) is 8.03. The molecule has 0 fully saturated rings. The molecule has 2 rings (SSSR count). The van der Waals surface area contributed by atoms with Crippen molar-refractivity contribution in [3.8, 4) is 0 Å². The number of benzene rings is 1. The summed E-state index contributed by atoms with van der Waals surface area (Å²) in [5.41, 5.74) is 2.15. The number of H-pyrrole nitrogens is 2. The van der Waals surface area contributed by atoms with Crippen LogP contribution in [0.2, 0.25) is 0 Å². The molecule has 1 aromatic carbocycles. The van der Waals surface area contributed by atoms with Gasteiger partial charge in [-0.05, 0) is 6.07 Å². The summed E-state index contributed by atoms with van der Waals surface area (Å²) in [5.74, 6) is 4.96. The Kier molecular flexibility index (Phi) is 1.88. The zero-order valence-electron chi connectivity index (χ0n) is 6.83. The van der Waals surface area contributed by atoms with Crippen LogP contribution in [0.25, 0.3) is 11.0 Å². The minimum absolute atomic E-state index is 0.223. The highest BCUT2D eigenvalue weighted by molar-refractivity contribution is 5.77. The van der Waals surface area contributed by atoms with Crippen molar-refractivity contribution in [1.29, 1.82) is 0 Å². The predicted molar refractivity (Wildman–Crippen MR) is 47.9 cm³/mol. The normalized spacial score (nSPS) is 10.8. The van der Waals surface area contributed by atoms with Gasteiger partial charge in [0.2, 0.25) is 0 Å². The van der Waals surface area contributed by atoms with Gasteiger partial charge in [-0.25, -0.2) is 10.7 Å². The third-order valence-corrected chi connectivity index (χ3v) is 1.88. The summed E-state index contributed by atoms with van der Waals surface area (Å²) in [7, 11) is 0. The molecule has 5 heteroatoms. The third kappa shape index (κ3) is 1.34. The zero-order valence-corrected chi connectivity index (χ0v) is 6.83. The van der Waals surface area contributed by atoms with Gasteiger partial charge in [-0.3, -0.25) is 4.84 Å². The maximum atomic E-state index is 11.0. The van der Waals surface area contributed by atoms with Crippen LogP contribution in [0.3, 0.4) is 0 Å². The van der Waals surface area contributed by atoms with Gasteiger partial charge in [-0.2, -0.15) is 0 Å². The van der Waals surface area contributed by atoms with Crippen LogP contribution in [0, 0.1) is 0 Å². The summed E-state index contributed by atoms with van der Waals surface area (Å²) in [6, 6.07) is 5.49. The zero-order chi connectivity index (χ0) is 9.26. The average Bonchev–Trinajstić information content (AvgIpc) is 2.47. The molecule has 0 bridgehead atoms. The van der Waals surface area contributed by atoms with E-state index in [0.717, 1.165) is 16.6 Å². The van der Waals surface area contributed by atoms with Crippen LogP contribution < -0.4 is 11.6 Å². The van der Waals surface area contributed by atoms with Crippen LogP contribution in [-0.2, 0) is 11.4 Å². The Labute approximate surface area is 73.5 Å². The summed E-state index contributed by atoms with van der Waals surface area (Å²) in [5, 5.41) is 0. The highest BCUT2D eigenvalue weighted by Gasteiger charge is 2.02. The van der Waals surface area contributed by atoms with E-state index in [-0.39, 0.29) is 12.3 Å². The van der Waals surface area contributed by atoms with Crippen molar-refractivity contribution in [2.24, 2.45) is 5.90 Å². The van der Waals surface area contributed by atoms with Crippen molar-refractivity contribution in [3.05, 3.63) is 34.2 Å². The van der Waals surface area contributed by atoms with Gasteiger partial charge in [0.15, 0.2) is 0 Å². The molecule has 4 N–H and O–H groups in total. The number of aromatic amines is 2. The van der Waals surface area contributed by atoms with Crippen molar-refractivity contribution in [1.82, 2.24) is 9.97 Å². The van der Waals surface area contributed by atoms with Gasteiger partial charge in [0.05, 0.1) is 17.6 Å². The van der Waals surface area contributed by atoms with Crippen LogP contribution in [0.1, 0.15) is 5.56 Å². The van der Waals surface area contributed by atoms with E-state index in [1.807, 2.05) is 18.2 Å². The number of fused-ring (bicyclic) bond motifs is 1. The van der Waals surface area contributed by atoms with E-state index in [0.29, 0.717) is 0 Å². The van der Waals surface area contributed by atoms with Crippen molar-refractivity contribution < 1.29 is 4.84 Å². The molecule has 13 heavy (non-hydrogen) atoms. The molecule has 2 aromatic rings. The molecule has 5 nitrogen and oxygen atoms in total. The number of para-hydroxylation sites is 1. The molecule has 0 spiro atoms. The lowest BCUT2D eigenvalue weighted by Crippen LogP contribution is -2.01. The lowest BCUT2D eigenvalue weighted by Gasteiger charge is -1.98. The quantitative estimate of drug-likeness (QED) is 0.577. The number of aromatic nitrogens is 2. The second kappa shape index (κ2) is 3.04. The summed E-state index contributed by atoms with van der Waals surface area (Å²) in [6.45, 7) is 0.283. The first-order chi connectivity index (χ1) is 6.31. The van der Waals surface area contributed by atoms with Gasteiger partial charge in [0, 0.05) is 5.56 Å². The van der Waals surface area contributed by atoms with E-state index >= 15 is 0 Å². The van der Waals surface area contributed by atoms with E-state index in [2.05, 4.69) is 14.8 Å². The monoisotopic (exact) mass is 179 g/mol. The first-order valence-corrected chi connectivity index (χ1v) is 3.83. The average molecular weight is 179 g/mol. The first-order valence-electron chi connectivity index (χ1n) is 3.83. The molecule has 0 aliphatic heterocycles. The van der Waals surface area contributed by atoms with Crippen LogP contribution >= 0.6 is 0 Å². The topological polar surface area (TPSA) is 83.9 Å². The molecule has 0 saturated heterocycles. The summed E-state index contributed by atoms with van der Waals surface area (Å²) in [6.07, 6.45) is 0. The van der Waals surface area contributed by atoms with Gasteiger partial charge in [0.25, 0.3) is 0 Å². The fourth-order valence-corrected chi connectivity index (χ4v) is 1.33. The standard InChI is InChI=1S/C8H9N3O2/c9-13-4-5-2-1-3-6-7(5)11-8(12)10-6/h1-3H,4,9H2,(H2,10,11,12). The Balaban J connectivity index is 2.67. The fraction of sp³-hybridized carbons (Fsp3) is 0.125. The number of imidazole rings is 1. The molecule has 0 unspecified atom stereocenters. The van der Waals surface area contributed by atoms with Crippen LogP contribution in [0.5, 0.6) is 0 Å². The number of nitrogens with one attached hydrogen (secondary N) is 2. The molecule has 0 atom stereocenters. The number of rotatable bonds is 2. The maximum Gasteiger partial charge on any atom is 0.323 e. The summed E-state index contributed by atoms with van der Waals surface area (Å²) >= 11 is 0. The highest BCUT2D eigenvalue weighted by Crippen LogP contribution is 2.12. The lowest BCUT2D eigenvalue weighted by molar-refractivity contribution is 0.125. The third-order valence-electron chi connectivity index (χ3n) is 1.88. The number of hydrogen-bond acceptors (Lipinski definition) is 3. The Morgan fingerprint density at radius 2 is 2.23 bits per heavy atom. The smallest absolute Gasteiger partial charge is 0.306 e. The minimum Gasteiger partial charge on any atom is -0.306 e. The van der Waals surface area contributed by atoms with Crippen LogP contribution in [-0.4, -0.2) is 9.97 Å². The number of hydrogen-bond donors (Lipinski definition) is 3. The minimum atomic E-state index is -0.223. The Hall–Kier alpha value is -1.59. The predicted octanol–water partition coefficient (Wildman–Crippen LogP) is 0.246. The van der Waals surface area contributed by atoms with E-state index in [9.17, 15) is 4.79 Å². The van der Waals surface area contributed by atoms with Gasteiger partial charge in [-0.15, -0.1) is 0 Å². The molecule has 0 amide bonds. The van der Waals surface area contributed by atoms with Crippen molar-refractivity contribution in [2.75, 3.05) is 0 Å². The lowest BCUT2D eigenvalue weighted by atomic mass is 10.2. The van der Waals surface area contributed by atoms with Crippen LogP contribution in [0.15, 0.2) is 23.0 Å². The second-order valence-corrected chi connectivity index (χ2v) is 2.73. The Morgan fingerprint density at radius 1 is 1.38 bits per heavy atom. The molecular weight excluding hydrogens is 170 g/mol. The van der Waals surface area contributed by atoms with Gasteiger partial charge in [0.1, 0.15) is 0 Å². The van der Waals surface area contributed by atoms with Crippen molar-refractivity contribution in [3.63, 3.8) is 0 Å². The van der Waals surface area contributed by atoms with Crippen LogP contribution in [0.4, 0.5) is 0 Å². The fourth-order valence-electron chi connectivity index (χ4n) is 1.33. The summed E-state index contributed by atoms with van der Waals surface area (Å²) in [4.78, 5) is 20.8. The Bertz CT molecular complexity index is 471. The largest absolute Gasteiger partial charge is 0.323 e. The molecule has 1 heterocycles. The Morgan fingerprint density at radius 3 is 3.00 bits per heavy atom. The van der Waals surface area contributed by atoms with E-state index < -0.39 is 0 Å². The van der Waals surface area contributed by atoms with E-state index in [1.165, 1.54) is 0 Å². The van der Waals surface area contributed by atoms with Gasteiger partial charge >= 0.3 is 5.69 Å². The molecule has 68 valence electrons. The second-order valence-electron chi connectivity index (χ2n) is 2.73. The van der Waals surface area contributed by atoms with Crippen molar-refractivity contribution in [2.45, 2.75) is 6.61 Å². The molecular formula is C8H9N3O2.